The maximum absolute atomic E-state index is 9.36. The quantitative estimate of drug-likeness (QED) is 0.899. The van der Waals surface area contributed by atoms with Crippen LogP contribution in [0.15, 0.2) is 22.7 Å². The molecule has 3 N–H and O–H groups in total. The minimum Gasteiger partial charge on any atom is -0.394 e. The van der Waals surface area contributed by atoms with E-state index in [1.165, 1.54) is 0 Å². The smallest absolute Gasteiger partial charge is 0.0658 e. The Balaban J connectivity index is 3.06. The van der Waals surface area contributed by atoms with Crippen LogP contribution in [0.4, 0.5) is 5.69 Å². The Morgan fingerprint density at radius 1 is 1.47 bits per heavy atom. The van der Waals surface area contributed by atoms with E-state index in [9.17, 15) is 5.11 Å². The molecule has 3 nitrogen and oxygen atoms in total. The second kappa shape index (κ2) is 5.38. The summed E-state index contributed by atoms with van der Waals surface area (Å²) in [5.41, 5.74) is 7.73. The number of halogens is 1. The molecule has 0 fully saturated rings. The Morgan fingerprint density at radius 2 is 2.06 bits per heavy atom. The van der Waals surface area contributed by atoms with Gasteiger partial charge in [-0.3, -0.25) is 0 Å². The highest BCUT2D eigenvalue weighted by molar-refractivity contribution is 9.10. The van der Waals surface area contributed by atoms with Crippen LogP contribution in [0.25, 0.3) is 0 Å². The SMILES string of the molecule is C[C@@H](N)c1ccc(N(C)C(C)(C)CO)cc1Br. The molecule has 96 valence electrons. The number of hydrogen-bond acceptors (Lipinski definition) is 3. The van der Waals surface area contributed by atoms with Gasteiger partial charge in [0, 0.05) is 23.2 Å². The molecule has 1 atom stereocenters. The van der Waals surface area contributed by atoms with Crippen molar-refractivity contribution in [2.75, 3.05) is 18.6 Å². The third-order valence-corrected chi connectivity index (χ3v) is 3.84. The van der Waals surface area contributed by atoms with Gasteiger partial charge in [0.15, 0.2) is 0 Å². The van der Waals surface area contributed by atoms with Gasteiger partial charge in [-0.2, -0.15) is 0 Å². The number of aliphatic hydroxyl groups excluding tert-OH is 1. The van der Waals surface area contributed by atoms with E-state index in [0.29, 0.717) is 0 Å². The van der Waals surface area contributed by atoms with Gasteiger partial charge in [-0.15, -0.1) is 0 Å². The van der Waals surface area contributed by atoms with Crippen LogP contribution in [0, 0.1) is 0 Å². The lowest BCUT2D eigenvalue weighted by Gasteiger charge is -2.36. The van der Waals surface area contributed by atoms with Gasteiger partial charge in [-0.25, -0.2) is 0 Å². The summed E-state index contributed by atoms with van der Waals surface area (Å²) in [6.45, 7) is 6.07. The highest BCUT2D eigenvalue weighted by Crippen LogP contribution is 2.29. The summed E-state index contributed by atoms with van der Waals surface area (Å²) in [5.74, 6) is 0. The summed E-state index contributed by atoms with van der Waals surface area (Å²) in [4.78, 5) is 2.06. The van der Waals surface area contributed by atoms with Crippen molar-refractivity contribution in [3.05, 3.63) is 28.2 Å². The van der Waals surface area contributed by atoms with Crippen molar-refractivity contribution >= 4 is 21.6 Å². The monoisotopic (exact) mass is 300 g/mol. The summed E-state index contributed by atoms with van der Waals surface area (Å²) in [6, 6.07) is 6.10. The molecule has 1 aromatic carbocycles. The van der Waals surface area contributed by atoms with Crippen LogP contribution in [-0.4, -0.2) is 24.3 Å². The summed E-state index contributed by atoms with van der Waals surface area (Å²) < 4.78 is 1.01. The van der Waals surface area contributed by atoms with Gasteiger partial charge in [0.2, 0.25) is 0 Å². The van der Waals surface area contributed by atoms with E-state index in [-0.39, 0.29) is 18.2 Å². The molecule has 0 heterocycles. The molecule has 0 aliphatic carbocycles. The number of rotatable bonds is 4. The molecule has 1 rings (SSSR count). The highest BCUT2D eigenvalue weighted by Gasteiger charge is 2.23. The number of hydrogen-bond donors (Lipinski definition) is 2. The minimum atomic E-state index is -0.282. The van der Waals surface area contributed by atoms with E-state index in [2.05, 4.69) is 20.8 Å². The van der Waals surface area contributed by atoms with Gasteiger partial charge in [0.25, 0.3) is 0 Å². The predicted octanol–water partition coefficient (Wildman–Crippen LogP) is 2.68. The third kappa shape index (κ3) is 3.21. The third-order valence-electron chi connectivity index (χ3n) is 3.16. The van der Waals surface area contributed by atoms with Gasteiger partial charge in [-0.05, 0) is 38.5 Å². The molecule has 0 bridgehead atoms. The van der Waals surface area contributed by atoms with E-state index in [1.54, 1.807) is 0 Å². The second-order valence-corrected chi connectivity index (χ2v) is 5.88. The molecule has 17 heavy (non-hydrogen) atoms. The number of likely N-dealkylation sites (N-methyl/N-ethyl adjacent to an activating group) is 1. The number of anilines is 1. The Labute approximate surface area is 112 Å². The Morgan fingerprint density at radius 3 is 2.47 bits per heavy atom. The van der Waals surface area contributed by atoms with Crippen LogP contribution in [0.1, 0.15) is 32.4 Å². The summed E-state index contributed by atoms with van der Waals surface area (Å²) in [7, 11) is 1.98. The first kappa shape index (κ1) is 14.5. The number of aliphatic hydroxyl groups is 1. The van der Waals surface area contributed by atoms with Gasteiger partial charge >= 0.3 is 0 Å². The number of benzene rings is 1. The largest absolute Gasteiger partial charge is 0.394 e. The van der Waals surface area contributed by atoms with Crippen molar-refractivity contribution in [3.8, 4) is 0 Å². The highest BCUT2D eigenvalue weighted by atomic mass is 79.9. The number of nitrogens with two attached hydrogens (primary N) is 1. The summed E-state index contributed by atoms with van der Waals surface area (Å²) >= 11 is 3.54. The van der Waals surface area contributed by atoms with Crippen molar-refractivity contribution < 1.29 is 5.11 Å². The average molecular weight is 301 g/mol. The fourth-order valence-corrected chi connectivity index (χ4v) is 2.28. The maximum Gasteiger partial charge on any atom is 0.0658 e. The van der Waals surface area contributed by atoms with Crippen LogP contribution in [0.5, 0.6) is 0 Å². The standard InChI is InChI=1S/C13H21BrN2O/c1-9(15)11-6-5-10(7-12(11)14)16(4)13(2,3)8-17/h5-7,9,17H,8,15H2,1-4H3/t9-/m1/s1. The Hall–Kier alpha value is -0.580. The van der Waals surface area contributed by atoms with Crippen LogP contribution < -0.4 is 10.6 Å². The lowest BCUT2D eigenvalue weighted by atomic mass is 10.0. The molecule has 0 saturated carbocycles. The predicted molar refractivity (Wildman–Crippen MR) is 76.3 cm³/mol. The van der Waals surface area contributed by atoms with Gasteiger partial charge in [-0.1, -0.05) is 22.0 Å². The van der Waals surface area contributed by atoms with E-state index in [1.807, 2.05) is 46.0 Å². The molecule has 4 heteroatoms. The minimum absolute atomic E-state index is 0.00887. The van der Waals surface area contributed by atoms with Crippen LogP contribution in [0.3, 0.4) is 0 Å². The fraction of sp³-hybridized carbons (Fsp3) is 0.538. The molecule has 0 aromatic heterocycles. The molecule has 0 amide bonds. The molecule has 0 spiro atoms. The Bertz CT molecular complexity index is 391. The van der Waals surface area contributed by atoms with Crippen molar-refractivity contribution in [2.24, 2.45) is 5.73 Å². The van der Waals surface area contributed by atoms with E-state index in [0.717, 1.165) is 15.7 Å². The van der Waals surface area contributed by atoms with Gasteiger partial charge < -0.3 is 15.7 Å². The van der Waals surface area contributed by atoms with Crippen LogP contribution in [-0.2, 0) is 0 Å². The lowest BCUT2D eigenvalue weighted by Crippen LogP contribution is -2.44. The van der Waals surface area contributed by atoms with Crippen molar-refractivity contribution in [1.82, 2.24) is 0 Å². The van der Waals surface area contributed by atoms with Crippen LogP contribution >= 0.6 is 15.9 Å². The Kier molecular flexibility index (Phi) is 4.58. The van der Waals surface area contributed by atoms with Crippen molar-refractivity contribution in [2.45, 2.75) is 32.4 Å². The molecule has 0 radical (unpaired) electrons. The maximum atomic E-state index is 9.36. The first-order valence-corrected chi connectivity index (χ1v) is 6.48. The topological polar surface area (TPSA) is 49.5 Å². The van der Waals surface area contributed by atoms with Crippen molar-refractivity contribution in [1.29, 1.82) is 0 Å². The van der Waals surface area contributed by atoms with E-state index in [4.69, 9.17) is 5.73 Å². The second-order valence-electron chi connectivity index (χ2n) is 5.02. The fourth-order valence-electron chi connectivity index (χ4n) is 1.55. The normalized spacial score (nSPS) is 13.6. The summed E-state index contributed by atoms with van der Waals surface area (Å²) in [5, 5.41) is 9.36. The molecule has 0 unspecified atom stereocenters. The lowest BCUT2D eigenvalue weighted by molar-refractivity contribution is 0.216. The number of nitrogens with zero attached hydrogens (tertiary/aromatic N) is 1. The van der Waals surface area contributed by atoms with Crippen molar-refractivity contribution in [3.63, 3.8) is 0 Å². The van der Waals surface area contributed by atoms with E-state index < -0.39 is 0 Å². The average Bonchev–Trinajstić information content (AvgIpc) is 2.27. The molecule has 0 saturated heterocycles. The van der Waals surface area contributed by atoms with Crippen LogP contribution in [0.2, 0.25) is 0 Å². The van der Waals surface area contributed by atoms with Gasteiger partial charge in [0.1, 0.15) is 0 Å². The molecule has 1 aromatic rings. The first-order valence-electron chi connectivity index (χ1n) is 5.69. The molecule has 0 aliphatic rings. The molecule has 0 aliphatic heterocycles. The molecular weight excluding hydrogens is 280 g/mol. The molecular formula is C13H21BrN2O. The first-order chi connectivity index (χ1) is 7.79. The zero-order chi connectivity index (χ0) is 13.2. The van der Waals surface area contributed by atoms with Gasteiger partial charge in [0.05, 0.1) is 12.1 Å². The zero-order valence-corrected chi connectivity index (χ0v) is 12.5. The zero-order valence-electron chi connectivity index (χ0n) is 10.9. The van der Waals surface area contributed by atoms with E-state index >= 15 is 0 Å². The summed E-state index contributed by atoms with van der Waals surface area (Å²) in [6.07, 6.45) is 0.